The van der Waals surface area contributed by atoms with Crippen molar-refractivity contribution >= 4 is 47.8 Å². The van der Waals surface area contributed by atoms with Gasteiger partial charge in [0.2, 0.25) is 0 Å². The topological polar surface area (TPSA) is 177 Å². The number of phenolic OH excluding ortho intramolecular Hbond substituents is 1. The van der Waals surface area contributed by atoms with Crippen molar-refractivity contribution in [3.05, 3.63) is 58.6 Å². The average Bonchev–Trinajstić information content (AvgIpc) is 2.65. The fourth-order valence-corrected chi connectivity index (χ4v) is 4.29. The van der Waals surface area contributed by atoms with Gasteiger partial charge in [-0.1, -0.05) is 12.1 Å². The molecule has 3 aromatic rings. The van der Waals surface area contributed by atoms with Crippen LogP contribution in [0, 0.1) is 10.1 Å². The summed E-state index contributed by atoms with van der Waals surface area (Å²) in [6, 6.07) is 9.22. The van der Waals surface area contributed by atoms with Crippen LogP contribution < -0.4 is 29.6 Å². The molecule has 0 aliphatic rings. The number of aromatic hydroxyl groups is 1. The second-order valence-corrected chi connectivity index (χ2v) is 9.51. The number of nitrogens with zero attached hydrogens (tertiary/aromatic N) is 3. The maximum Gasteiger partial charge on any atom is 1.00 e. The summed E-state index contributed by atoms with van der Waals surface area (Å²) in [6.07, 6.45) is 0.845. The Labute approximate surface area is 200 Å². The fourth-order valence-electron chi connectivity index (χ4n) is 2.74. The van der Waals surface area contributed by atoms with Crippen LogP contribution in [0.3, 0.4) is 0 Å². The summed E-state index contributed by atoms with van der Waals surface area (Å²) >= 11 is 0. The zero-order valence-electron chi connectivity index (χ0n) is 17.1. The Morgan fingerprint density at radius 2 is 1.58 bits per heavy atom. The predicted molar refractivity (Wildman–Crippen MR) is 107 cm³/mol. The van der Waals surface area contributed by atoms with Crippen molar-refractivity contribution in [3.8, 4) is 5.75 Å². The standard InChI is InChI=1S/C17H13N3O8S2.Na.H/c1-29(24,25)16-9-10(20(22)23)5-6-12(16)18-19-13-7-8-14(21)11-3-2-4-15(17(11)13)30(26,27)28;;/h2-9,21H,1H3,(H,26,27,28);;/q;+1;-1. The van der Waals surface area contributed by atoms with Gasteiger partial charge in [0.05, 0.1) is 10.6 Å². The van der Waals surface area contributed by atoms with E-state index in [4.69, 9.17) is 0 Å². The maximum atomic E-state index is 12.0. The molecular weight excluding hydrogens is 461 g/mol. The van der Waals surface area contributed by atoms with Gasteiger partial charge in [0.1, 0.15) is 21.2 Å². The Morgan fingerprint density at radius 1 is 0.968 bits per heavy atom. The number of benzene rings is 3. The van der Waals surface area contributed by atoms with E-state index in [-0.39, 0.29) is 58.9 Å². The van der Waals surface area contributed by atoms with Gasteiger partial charge in [-0.2, -0.15) is 8.42 Å². The molecule has 2 N–H and O–H groups in total. The number of hydrogen-bond acceptors (Lipinski definition) is 9. The van der Waals surface area contributed by atoms with E-state index in [1.807, 2.05) is 0 Å². The van der Waals surface area contributed by atoms with E-state index in [0.29, 0.717) is 0 Å². The molecule has 0 aromatic heterocycles. The van der Waals surface area contributed by atoms with E-state index in [0.717, 1.165) is 30.5 Å². The minimum Gasteiger partial charge on any atom is -1.00 e. The Morgan fingerprint density at radius 3 is 2.16 bits per heavy atom. The third-order valence-electron chi connectivity index (χ3n) is 4.05. The number of nitro groups is 1. The normalized spacial score (nSPS) is 12.1. The van der Waals surface area contributed by atoms with Gasteiger partial charge in [0, 0.05) is 29.2 Å². The van der Waals surface area contributed by atoms with E-state index < -0.39 is 40.4 Å². The van der Waals surface area contributed by atoms with Gasteiger partial charge in [-0.15, -0.1) is 10.2 Å². The molecule has 0 heterocycles. The summed E-state index contributed by atoms with van der Waals surface area (Å²) in [7, 11) is -8.59. The van der Waals surface area contributed by atoms with Crippen molar-refractivity contribution in [1.29, 1.82) is 0 Å². The first-order valence-corrected chi connectivity index (χ1v) is 11.3. The molecule has 0 bridgehead atoms. The van der Waals surface area contributed by atoms with Crippen LogP contribution in [0.1, 0.15) is 1.43 Å². The Kier molecular flexibility index (Phi) is 7.20. The smallest absolute Gasteiger partial charge is 1.00 e. The summed E-state index contributed by atoms with van der Waals surface area (Å²) in [5, 5.41) is 28.6. The van der Waals surface area contributed by atoms with Gasteiger partial charge in [-0.25, -0.2) is 8.42 Å². The quantitative estimate of drug-likeness (QED) is 0.177. The van der Waals surface area contributed by atoms with E-state index in [1.54, 1.807) is 0 Å². The third-order valence-corrected chi connectivity index (χ3v) is 6.08. The van der Waals surface area contributed by atoms with Crippen LogP contribution in [0.2, 0.25) is 0 Å². The second kappa shape index (κ2) is 8.98. The first-order chi connectivity index (χ1) is 13.9. The molecule has 3 rings (SSSR count). The second-order valence-electron chi connectivity index (χ2n) is 6.14. The fraction of sp³-hybridized carbons (Fsp3) is 0.0588. The number of hydrogen-bond donors (Lipinski definition) is 2. The van der Waals surface area contributed by atoms with Crippen molar-refractivity contribution in [2.75, 3.05) is 6.26 Å². The minimum atomic E-state index is -4.68. The van der Waals surface area contributed by atoms with Gasteiger partial charge in [0.15, 0.2) is 9.84 Å². The Hall–Kier alpha value is -2.42. The van der Waals surface area contributed by atoms with Crippen LogP contribution in [0.15, 0.2) is 68.6 Å². The monoisotopic (exact) mass is 475 g/mol. The number of fused-ring (bicyclic) bond motifs is 1. The van der Waals surface area contributed by atoms with Crippen LogP contribution in [-0.4, -0.2) is 37.7 Å². The number of nitro benzene ring substituents is 1. The van der Waals surface area contributed by atoms with Crippen LogP contribution in [0.5, 0.6) is 5.75 Å². The van der Waals surface area contributed by atoms with Gasteiger partial charge in [0.25, 0.3) is 15.8 Å². The third kappa shape index (κ3) is 5.26. The number of sulfone groups is 1. The molecule has 0 fully saturated rings. The van der Waals surface area contributed by atoms with Gasteiger partial charge in [-0.05, 0) is 24.3 Å². The minimum absolute atomic E-state index is 0. The number of azo groups is 1. The van der Waals surface area contributed by atoms with Crippen LogP contribution in [0.25, 0.3) is 10.8 Å². The molecule has 31 heavy (non-hydrogen) atoms. The number of phenols is 1. The molecule has 158 valence electrons. The summed E-state index contributed by atoms with van der Waals surface area (Å²) in [6.45, 7) is 0. The molecule has 0 unspecified atom stereocenters. The molecule has 3 aromatic carbocycles. The van der Waals surface area contributed by atoms with Crippen molar-refractivity contribution < 1.29 is 62.4 Å². The van der Waals surface area contributed by atoms with Crippen LogP contribution in [-0.2, 0) is 20.0 Å². The summed E-state index contributed by atoms with van der Waals surface area (Å²) in [5.74, 6) is -0.276. The van der Waals surface area contributed by atoms with Gasteiger partial charge >= 0.3 is 29.6 Å². The molecular formula is C17H14N3NaO8S2. The zero-order valence-corrected chi connectivity index (χ0v) is 19.8. The summed E-state index contributed by atoms with van der Waals surface area (Å²) in [4.78, 5) is 9.19. The molecule has 0 spiro atoms. The van der Waals surface area contributed by atoms with E-state index in [2.05, 4.69) is 10.2 Å². The average molecular weight is 475 g/mol. The van der Waals surface area contributed by atoms with Gasteiger partial charge in [-0.3, -0.25) is 14.7 Å². The first kappa shape index (κ1) is 24.8. The molecule has 0 radical (unpaired) electrons. The van der Waals surface area contributed by atoms with Crippen molar-refractivity contribution in [1.82, 2.24) is 0 Å². The Bertz CT molecular complexity index is 1440. The van der Waals surface area contributed by atoms with Crippen LogP contribution in [0.4, 0.5) is 17.1 Å². The molecule has 14 heteroatoms. The molecule has 0 atom stereocenters. The van der Waals surface area contributed by atoms with Crippen molar-refractivity contribution in [3.63, 3.8) is 0 Å². The maximum absolute atomic E-state index is 12.0. The number of non-ortho nitro benzene ring substituents is 1. The van der Waals surface area contributed by atoms with Crippen LogP contribution >= 0.6 is 0 Å². The SMILES string of the molecule is CS(=O)(=O)c1cc([N+](=O)[O-])ccc1N=Nc1ccc(O)c2cccc(S(=O)(=O)O)c12.[H-].[Na+]. The summed E-state index contributed by atoms with van der Waals surface area (Å²) in [5.41, 5.74) is -0.763. The zero-order chi connectivity index (χ0) is 22.3. The number of rotatable bonds is 5. The molecule has 11 nitrogen and oxygen atoms in total. The largest absolute Gasteiger partial charge is 1.00 e. The predicted octanol–water partition coefficient (Wildman–Crippen LogP) is 0.636. The van der Waals surface area contributed by atoms with Crippen molar-refractivity contribution in [2.45, 2.75) is 9.79 Å². The molecule has 0 aliphatic carbocycles. The first-order valence-electron chi connectivity index (χ1n) is 8.02. The molecule has 0 aliphatic heterocycles. The van der Waals surface area contributed by atoms with E-state index >= 15 is 0 Å². The van der Waals surface area contributed by atoms with Crippen molar-refractivity contribution in [2.24, 2.45) is 10.2 Å². The Balaban J connectivity index is 0.00000256. The molecule has 0 saturated heterocycles. The molecule has 0 amide bonds. The van der Waals surface area contributed by atoms with Gasteiger partial charge < -0.3 is 6.53 Å². The molecule has 0 saturated carbocycles. The summed E-state index contributed by atoms with van der Waals surface area (Å²) < 4.78 is 57.0. The van der Waals surface area contributed by atoms with E-state index in [9.17, 15) is 36.6 Å². The van der Waals surface area contributed by atoms with E-state index in [1.165, 1.54) is 24.3 Å².